The summed E-state index contributed by atoms with van der Waals surface area (Å²) in [6, 6.07) is 5.57. The number of anilines is 2. The minimum Gasteiger partial charge on any atom is -0.473 e. The Morgan fingerprint density at radius 3 is 2.59 bits per heavy atom. The summed E-state index contributed by atoms with van der Waals surface area (Å²) in [4.78, 5) is 12.5. The maximum absolute atomic E-state index is 14.2. The average Bonchev–Trinajstić information content (AvgIpc) is 3.26. The lowest BCUT2D eigenvalue weighted by atomic mass is 9.78. The molecular formula is C23H21FN6O3S. The molecule has 1 aromatic carbocycles. The van der Waals surface area contributed by atoms with Gasteiger partial charge < -0.3 is 10.1 Å². The number of hydrogen-bond acceptors (Lipinski definition) is 8. The third-order valence-electron chi connectivity index (χ3n) is 6.26. The molecule has 2 aromatic heterocycles. The summed E-state index contributed by atoms with van der Waals surface area (Å²) < 4.78 is 42.9. The number of nitrogens with zero attached hydrogens (tertiary/aromatic N) is 4. The molecule has 0 amide bonds. The topological polar surface area (TPSA) is 144 Å². The van der Waals surface area contributed by atoms with Gasteiger partial charge in [-0.25, -0.2) is 32.9 Å². The zero-order chi connectivity index (χ0) is 23.9. The van der Waals surface area contributed by atoms with Crippen molar-refractivity contribution in [1.82, 2.24) is 15.0 Å². The molecule has 2 heterocycles. The highest BCUT2D eigenvalue weighted by Gasteiger charge is 2.34. The van der Waals surface area contributed by atoms with Crippen LogP contribution in [-0.4, -0.2) is 29.5 Å². The predicted molar refractivity (Wildman–Crippen MR) is 120 cm³/mol. The molecule has 34 heavy (non-hydrogen) atoms. The summed E-state index contributed by atoms with van der Waals surface area (Å²) in [6.45, 7) is 0. The second kappa shape index (κ2) is 8.62. The van der Waals surface area contributed by atoms with Crippen molar-refractivity contribution in [2.75, 3.05) is 5.32 Å². The van der Waals surface area contributed by atoms with Gasteiger partial charge in [0.1, 0.15) is 23.6 Å². The number of rotatable bonds is 6. The molecule has 2 aliphatic rings. The Hall–Kier alpha value is -3.62. The van der Waals surface area contributed by atoms with E-state index in [1.54, 1.807) is 12.4 Å². The lowest BCUT2D eigenvalue weighted by Gasteiger charge is -2.35. The van der Waals surface area contributed by atoms with E-state index in [1.165, 1.54) is 12.1 Å². The van der Waals surface area contributed by atoms with Gasteiger partial charge >= 0.3 is 0 Å². The highest BCUT2D eigenvalue weighted by atomic mass is 32.2. The average molecular weight is 481 g/mol. The number of nitriles is 1. The number of aryl methyl sites for hydroxylation is 1. The molecule has 0 radical (unpaired) electrons. The molecule has 3 aromatic rings. The summed E-state index contributed by atoms with van der Waals surface area (Å²) in [6.07, 6.45) is 9.52. The van der Waals surface area contributed by atoms with E-state index in [4.69, 9.17) is 9.88 Å². The number of nitrogens with one attached hydrogen (secondary N) is 1. The van der Waals surface area contributed by atoms with Crippen molar-refractivity contribution in [2.45, 2.75) is 49.0 Å². The normalized spacial score (nSPS) is 19.1. The number of hydrogen-bond donors (Lipinski definition) is 2. The first-order chi connectivity index (χ1) is 16.3. The summed E-state index contributed by atoms with van der Waals surface area (Å²) in [5.41, 5.74) is 3.73. The molecule has 0 aliphatic heterocycles. The molecule has 0 bridgehead atoms. The van der Waals surface area contributed by atoms with Crippen LogP contribution in [0.5, 0.6) is 5.88 Å². The van der Waals surface area contributed by atoms with Crippen molar-refractivity contribution >= 4 is 21.7 Å². The molecule has 0 unspecified atom stereocenters. The molecule has 0 spiro atoms. The van der Waals surface area contributed by atoms with Gasteiger partial charge in [-0.05, 0) is 72.9 Å². The lowest BCUT2D eigenvalue weighted by molar-refractivity contribution is 0.0929. The van der Waals surface area contributed by atoms with E-state index in [0.29, 0.717) is 11.4 Å². The number of fused-ring (bicyclic) bond motifs is 1. The fourth-order valence-corrected chi connectivity index (χ4v) is 4.86. The fourth-order valence-electron chi connectivity index (χ4n) is 4.33. The molecule has 0 atom stereocenters. The molecule has 2 aliphatic carbocycles. The summed E-state index contributed by atoms with van der Waals surface area (Å²) >= 11 is 0. The van der Waals surface area contributed by atoms with Gasteiger partial charge in [-0.2, -0.15) is 5.26 Å². The Morgan fingerprint density at radius 2 is 1.91 bits per heavy atom. The minimum atomic E-state index is -3.99. The van der Waals surface area contributed by atoms with Gasteiger partial charge in [-0.3, -0.25) is 0 Å². The van der Waals surface area contributed by atoms with Crippen molar-refractivity contribution in [1.29, 1.82) is 5.26 Å². The second-order valence-electron chi connectivity index (χ2n) is 8.47. The van der Waals surface area contributed by atoms with Crippen molar-refractivity contribution < 1.29 is 17.5 Å². The Morgan fingerprint density at radius 1 is 1.15 bits per heavy atom. The van der Waals surface area contributed by atoms with Crippen LogP contribution in [0.3, 0.4) is 0 Å². The standard InChI is InChI=1S/C23H21FN6O3S/c24-20-8-17(34(26,31)32)4-5-21(20)30-23-28-11-15(12-29-23)14-6-16(7-14)33-22-19(9-25)18-3-1-2-13(18)10-27-22/h4-5,8,10-12,14,16H,1-3,6-7H2,(H2,26,31,32)(H,28,29,30). The Balaban J connectivity index is 1.20. The van der Waals surface area contributed by atoms with Gasteiger partial charge in [0.15, 0.2) is 0 Å². The highest BCUT2D eigenvalue weighted by molar-refractivity contribution is 7.89. The number of sulfonamides is 1. The van der Waals surface area contributed by atoms with Crippen LogP contribution in [0.15, 0.2) is 41.7 Å². The predicted octanol–water partition coefficient (Wildman–Crippen LogP) is 3.09. The maximum Gasteiger partial charge on any atom is 0.238 e. The fraction of sp³-hybridized carbons (Fsp3) is 0.304. The van der Waals surface area contributed by atoms with Crippen molar-refractivity contribution in [2.24, 2.45) is 5.14 Å². The van der Waals surface area contributed by atoms with Gasteiger partial charge in [0.05, 0.1) is 10.6 Å². The molecule has 11 heteroatoms. The van der Waals surface area contributed by atoms with Gasteiger partial charge in [0.25, 0.3) is 0 Å². The highest BCUT2D eigenvalue weighted by Crippen LogP contribution is 2.40. The van der Waals surface area contributed by atoms with Crippen LogP contribution in [0.1, 0.15) is 47.4 Å². The number of halogens is 1. The molecule has 174 valence electrons. The van der Waals surface area contributed by atoms with Crippen LogP contribution in [0.4, 0.5) is 16.0 Å². The van der Waals surface area contributed by atoms with Gasteiger partial charge in [0, 0.05) is 18.6 Å². The zero-order valence-corrected chi connectivity index (χ0v) is 18.8. The van der Waals surface area contributed by atoms with E-state index in [-0.39, 0.29) is 28.6 Å². The van der Waals surface area contributed by atoms with Crippen LogP contribution in [-0.2, 0) is 22.9 Å². The van der Waals surface area contributed by atoms with E-state index in [9.17, 15) is 18.1 Å². The third kappa shape index (κ3) is 4.30. The number of pyridine rings is 1. The van der Waals surface area contributed by atoms with E-state index in [2.05, 4.69) is 26.3 Å². The number of nitrogens with two attached hydrogens (primary N) is 1. The first-order valence-corrected chi connectivity index (χ1v) is 12.4. The quantitative estimate of drug-likeness (QED) is 0.548. The molecule has 3 N–H and O–H groups in total. The molecule has 1 saturated carbocycles. The molecular weight excluding hydrogens is 459 g/mol. The third-order valence-corrected chi connectivity index (χ3v) is 7.17. The first kappa shape index (κ1) is 22.2. The van der Waals surface area contributed by atoms with Crippen molar-refractivity contribution in [3.8, 4) is 11.9 Å². The van der Waals surface area contributed by atoms with E-state index >= 15 is 0 Å². The summed E-state index contributed by atoms with van der Waals surface area (Å²) in [5, 5.41) is 17.3. The minimum absolute atomic E-state index is 0.0340. The summed E-state index contributed by atoms with van der Waals surface area (Å²) in [5.74, 6) is 0.0249. The van der Waals surface area contributed by atoms with E-state index in [1.807, 2.05) is 6.20 Å². The zero-order valence-electron chi connectivity index (χ0n) is 18.0. The Bertz CT molecular complexity index is 1400. The van der Waals surface area contributed by atoms with E-state index in [0.717, 1.165) is 54.9 Å². The molecule has 0 saturated heterocycles. The van der Waals surface area contributed by atoms with Crippen molar-refractivity contribution in [3.63, 3.8) is 0 Å². The summed E-state index contributed by atoms with van der Waals surface area (Å²) in [7, 11) is -3.99. The number of primary sulfonamides is 1. The molecule has 9 nitrogen and oxygen atoms in total. The van der Waals surface area contributed by atoms with Gasteiger partial charge in [-0.15, -0.1) is 0 Å². The number of aromatic nitrogens is 3. The van der Waals surface area contributed by atoms with Crippen LogP contribution in [0.2, 0.25) is 0 Å². The smallest absolute Gasteiger partial charge is 0.238 e. The Labute approximate surface area is 195 Å². The van der Waals surface area contributed by atoms with Crippen molar-refractivity contribution in [3.05, 3.63) is 64.9 Å². The van der Waals surface area contributed by atoms with Crippen LogP contribution in [0.25, 0.3) is 0 Å². The van der Waals surface area contributed by atoms with Gasteiger partial charge in [-0.1, -0.05) is 0 Å². The van der Waals surface area contributed by atoms with Crippen LogP contribution < -0.4 is 15.2 Å². The number of benzene rings is 1. The molecule has 5 rings (SSSR count). The number of ether oxygens (including phenoxy) is 1. The SMILES string of the molecule is N#Cc1c(OC2CC(c3cnc(Nc4ccc(S(N)(=O)=O)cc4F)nc3)C2)ncc2c1CCC2. The Kier molecular flexibility index (Phi) is 5.63. The maximum atomic E-state index is 14.2. The lowest BCUT2D eigenvalue weighted by Crippen LogP contribution is -2.33. The monoisotopic (exact) mass is 480 g/mol. The second-order valence-corrected chi connectivity index (χ2v) is 10.0. The largest absolute Gasteiger partial charge is 0.473 e. The van der Waals surface area contributed by atoms with E-state index < -0.39 is 15.8 Å². The molecule has 1 fully saturated rings. The first-order valence-electron chi connectivity index (χ1n) is 10.8. The van der Waals surface area contributed by atoms with Crippen LogP contribution >= 0.6 is 0 Å². The van der Waals surface area contributed by atoms with Crippen LogP contribution in [0, 0.1) is 17.1 Å². The van der Waals surface area contributed by atoms with Gasteiger partial charge in [0.2, 0.25) is 21.9 Å².